The van der Waals surface area contributed by atoms with E-state index in [1.165, 1.54) is 28.3 Å². The summed E-state index contributed by atoms with van der Waals surface area (Å²) in [7, 11) is -1.71. The van der Waals surface area contributed by atoms with Crippen LogP contribution in [0.2, 0.25) is 0 Å². The molecule has 0 fully saturated rings. The van der Waals surface area contributed by atoms with Crippen molar-refractivity contribution in [3.05, 3.63) is 60.6 Å². The van der Waals surface area contributed by atoms with Crippen molar-refractivity contribution in [2.45, 2.75) is 18.2 Å². The van der Waals surface area contributed by atoms with Crippen LogP contribution in [0.15, 0.2) is 54.3 Å². The molecule has 0 radical (unpaired) electrons. The van der Waals surface area contributed by atoms with E-state index in [0.717, 1.165) is 24.2 Å². The van der Waals surface area contributed by atoms with Gasteiger partial charge in [0.05, 0.1) is 5.69 Å². The van der Waals surface area contributed by atoms with Crippen molar-refractivity contribution in [3.8, 4) is 0 Å². The quantitative estimate of drug-likeness (QED) is 0.865. The third-order valence-electron chi connectivity index (χ3n) is 4.12. The van der Waals surface area contributed by atoms with Crippen LogP contribution in [0.5, 0.6) is 0 Å². The SMILES string of the molecule is C=CN(c1cc2c(cc1C)CCN2C)S(=O)(=O)c1cccnc1. The van der Waals surface area contributed by atoms with Gasteiger partial charge in [-0.1, -0.05) is 12.6 Å². The van der Waals surface area contributed by atoms with Crippen molar-refractivity contribution in [1.82, 2.24) is 4.98 Å². The maximum atomic E-state index is 12.9. The number of fused-ring (bicyclic) bond motifs is 1. The lowest BCUT2D eigenvalue weighted by atomic mass is 10.1. The number of nitrogens with zero attached hydrogens (tertiary/aromatic N) is 3. The average Bonchev–Trinajstić information content (AvgIpc) is 2.89. The fourth-order valence-electron chi connectivity index (χ4n) is 2.89. The molecule has 0 bridgehead atoms. The topological polar surface area (TPSA) is 53.5 Å². The summed E-state index contributed by atoms with van der Waals surface area (Å²) in [4.78, 5) is 6.19. The van der Waals surface area contributed by atoms with Gasteiger partial charge in [0.1, 0.15) is 4.90 Å². The summed E-state index contributed by atoms with van der Waals surface area (Å²) < 4.78 is 27.0. The molecule has 0 N–H and O–H groups in total. The highest BCUT2D eigenvalue weighted by molar-refractivity contribution is 7.93. The first kappa shape index (κ1) is 15.6. The molecule has 0 saturated heterocycles. The molecule has 6 heteroatoms. The second-order valence-electron chi connectivity index (χ2n) is 5.61. The fourth-order valence-corrected chi connectivity index (χ4v) is 4.21. The number of hydrogen-bond donors (Lipinski definition) is 0. The lowest BCUT2D eigenvalue weighted by Gasteiger charge is -2.24. The van der Waals surface area contributed by atoms with Crippen LogP contribution < -0.4 is 9.21 Å². The molecule has 5 nitrogen and oxygen atoms in total. The summed E-state index contributed by atoms with van der Waals surface area (Å²) >= 11 is 0. The highest BCUT2D eigenvalue weighted by atomic mass is 32.2. The Hall–Kier alpha value is -2.34. The Balaban J connectivity index is 2.13. The number of aryl methyl sites for hydroxylation is 1. The van der Waals surface area contributed by atoms with Crippen molar-refractivity contribution < 1.29 is 8.42 Å². The number of hydrogen-bond acceptors (Lipinski definition) is 4. The van der Waals surface area contributed by atoms with Crippen molar-refractivity contribution in [2.24, 2.45) is 0 Å². The summed E-state index contributed by atoms with van der Waals surface area (Å²) in [5.41, 5.74) is 3.85. The molecular formula is C17H19N3O2S. The molecule has 0 amide bonds. The summed E-state index contributed by atoms with van der Waals surface area (Å²) in [6.45, 7) is 6.56. The number of rotatable bonds is 4. The molecule has 3 rings (SSSR count). The maximum Gasteiger partial charge on any atom is 0.269 e. The number of pyridine rings is 1. The first-order chi connectivity index (χ1) is 10.9. The van der Waals surface area contributed by atoms with Gasteiger partial charge >= 0.3 is 0 Å². The summed E-state index contributed by atoms with van der Waals surface area (Å²) in [5, 5.41) is 0. The van der Waals surface area contributed by atoms with Gasteiger partial charge in [0.25, 0.3) is 10.0 Å². The van der Waals surface area contributed by atoms with Gasteiger partial charge in [0.2, 0.25) is 0 Å². The number of anilines is 2. The van der Waals surface area contributed by atoms with Crippen molar-refractivity contribution in [3.63, 3.8) is 0 Å². The number of sulfonamides is 1. The monoisotopic (exact) mass is 329 g/mol. The molecule has 0 aliphatic carbocycles. The van der Waals surface area contributed by atoms with E-state index in [9.17, 15) is 8.42 Å². The Kier molecular flexibility index (Phi) is 3.85. The van der Waals surface area contributed by atoms with Crippen LogP contribution >= 0.6 is 0 Å². The third kappa shape index (κ3) is 2.59. The summed E-state index contributed by atoms with van der Waals surface area (Å²) in [6.07, 6.45) is 5.22. The van der Waals surface area contributed by atoms with Gasteiger partial charge in [-0.15, -0.1) is 0 Å². The van der Waals surface area contributed by atoms with E-state index >= 15 is 0 Å². The zero-order valence-electron chi connectivity index (χ0n) is 13.2. The predicted octanol–water partition coefficient (Wildman–Crippen LogP) is 2.72. The first-order valence-corrected chi connectivity index (χ1v) is 8.81. The summed E-state index contributed by atoms with van der Waals surface area (Å²) in [6, 6.07) is 7.13. The van der Waals surface area contributed by atoms with E-state index in [4.69, 9.17) is 0 Å². The normalized spacial score (nSPS) is 13.7. The van der Waals surface area contributed by atoms with Crippen LogP contribution in [0.3, 0.4) is 0 Å². The molecule has 0 atom stereocenters. The van der Waals surface area contributed by atoms with Crippen LogP contribution in [0.25, 0.3) is 0 Å². The van der Waals surface area contributed by atoms with E-state index < -0.39 is 10.0 Å². The molecule has 120 valence electrons. The molecular weight excluding hydrogens is 310 g/mol. The lowest BCUT2D eigenvalue weighted by molar-refractivity contribution is 0.595. The van der Waals surface area contributed by atoms with Gasteiger partial charge in [0.15, 0.2) is 0 Å². The van der Waals surface area contributed by atoms with Crippen LogP contribution in [0.4, 0.5) is 11.4 Å². The lowest BCUT2D eigenvalue weighted by Crippen LogP contribution is -2.26. The van der Waals surface area contributed by atoms with Crippen LogP contribution in [0.1, 0.15) is 11.1 Å². The average molecular weight is 329 g/mol. The molecule has 1 aliphatic rings. The van der Waals surface area contributed by atoms with Gasteiger partial charge in [-0.25, -0.2) is 12.7 Å². The summed E-state index contributed by atoms with van der Waals surface area (Å²) in [5.74, 6) is 0. The minimum absolute atomic E-state index is 0.146. The Morgan fingerprint density at radius 1 is 1.39 bits per heavy atom. The molecule has 1 aliphatic heterocycles. The van der Waals surface area contributed by atoms with Gasteiger partial charge in [-0.3, -0.25) is 4.98 Å². The Morgan fingerprint density at radius 3 is 2.83 bits per heavy atom. The van der Waals surface area contributed by atoms with E-state index in [0.29, 0.717) is 5.69 Å². The number of aromatic nitrogens is 1. The highest BCUT2D eigenvalue weighted by Gasteiger charge is 2.26. The number of benzene rings is 1. The van der Waals surface area contributed by atoms with E-state index in [-0.39, 0.29) is 4.90 Å². The minimum Gasteiger partial charge on any atom is -0.374 e. The predicted molar refractivity (Wildman–Crippen MR) is 92.3 cm³/mol. The van der Waals surface area contributed by atoms with E-state index in [1.807, 2.05) is 20.0 Å². The van der Waals surface area contributed by atoms with E-state index in [2.05, 4.69) is 22.5 Å². The molecule has 2 aromatic rings. The Morgan fingerprint density at radius 2 is 2.17 bits per heavy atom. The third-order valence-corrected chi connectivity index (χ3v) is 5.82. The molecule has 1 aromatic carbocycles. The molecule has 23 heavy (non-hydrogen) atoms. The first-order valence-electron chi connectivity index (χ1n) is 7.37. The molecule has 0 spiro atoms. The van der Waals surface area contributed by atoms with Gasteiger partial charge in [-0.2, -0.15) is 0 Å². The second kappa shape index (κ2) is 5.70. The molecule has 1 aromatic heterocycles. The Labute approximate surface area is 136 Å². The van der Waals surface area contributed by atoms with Gasteiger partial charge in [0, 0.05) is 37.9 Å². The number of likely N-dealkylation sites (N-methyl/N-ethyl adjacent to an activating group) is 1. The van der Waals surface area contributed by atoms with Crippen molar-refractivity contribution >= 4 is 21.4 Å². The van der Waals surface area contributed by atoms with Crippen molar-refractivity contribution in [1.29, 1.82) is 0 Å². The van der Waals surface area contributed by atoms with Crippen molar-refractivity contribution in [2.75, 3.05) is 22.8 Å². The van der Waals surface area contributed by atoms with Crippen LogP contribution in [-0.2, 0) is 16.4 Å². The van der Waals surface area contributed by atoms with Gasteiger partial charge in [-0.05, 0) is 42.7 Å². The molecule has 2 heterocycles. The molecule has 0 unspecified atom stereocenters. The zero-order chi connectivity index (χ0) is 16.6. The minimum atomic E-state index is -3.73. The highest BCUT2D eigenvalue weighted by Crippen LogP contribution is 2.36. The standard InChI is InChI=1S/C17H19N3O2S/c1-4-20(23(21,22)15-6-5-8-18-12-15)16-11-17-14(10-13(16)2)7-9-19(17)3/h4-6,8,10-12H,1,7,9H2,2-3H3. The van der Waals surface area contributed by atoms with Crippen LogP contribution in [0, 0.1) is 6.92 Å². The maximum absolute atomic E-state index is 12.9. The fraction of sp³-hybridized carbons (Fsp3) is 0.235. The second-order valence-corrected chi connectivity index (χ2v) is 7.43. The largest absolute Gasteiger partial charge is 0.374 e. The van der Waals surface area contributed by atoms with E-state index in [1.54, 1.807) is 12.3 Å². The Bertz CT molecular complexity index is 848. The smallest absolute Gasteiger partial charge is 0.269 e. The van der Waals surface area contributed by atoms with Gasteiger partial charge < -0.3 is 4.90 Å². The van der Waals surface area contributed by atoms with Crippen LogP contribution in [-0.4, -0.2) is 27.0 Å². The molecule has 0 saturated carbocycles. The zero-order valence-corrected chi connectivity index (χ0v) is 14.0.